The Bertz CT molecular complexity index is 3300. The van der Waals surface area contributed by atoms with E-state index in [0.717, 1.165) is 5.56 Å². The van der Waals surface area contributed by atoms with Crippen LogP contribution in [0.15, 0.2) is 124 Å². The number of amides is 1. The van der Waals surface area contributed by atoms with Gasteiger partial charge in [-0.1, -0.05) is 54.6 Å². The van der Waals surface area contributed by atoms with Gasteiger partial charge in [-0.05, 0) is 115 Å². The van der Waals surface area contributed by atoms with E-state index in [0.29, 0.717) is 44.8 Å². The highest BCUT2D eigenvalue weighted by molar-refractivity contribution is 7.92. The van der Waals surface area contributed by atoms with Crippen molar-refractivity contribution in [2.24, 2.45) is 0 Å². The van der Waals surface area contributed by atoms with Crippen LogP contribution in [-0.2, 0) is 49.2 Å². The third-order valence-corrected chi connectivity index (χ3v) is 16.0. The standard InChI is InChI=1S/C51H55N9O11S3/c1-51(2,3)71-50(62)58-26-25-38(31-58)56-73(63,64)44-24-23-42(36-9-8-10-37(27-36)52-49-53-43(32-72-49)48(61)70-7)45(47-54-57-60(55-47)30-35-15-21-41(69-6)22-16-35)46(44)74(65,66)59(28-33-11-17-39(67-4)18-12-33)29-34-13-19-40(68-5)20-14-34/h8-24,27,32,38,56H,25-26,28-31H2,1-7H3,(H,52,53). The number of benzene rings is 5. The largest absolute Gasteiger partial charge is 0.497 e. The maximum atomic E-state index is 16.3. The number of tetrazole rings is 1. The molecule has 23 heteroatoms. The number of ether oxygens (including phenoxy) is 5. The highest BCUT2D eigenvalue weighted by atomic mass is 32.2. The minimum atomic E-state index is -4.99. The summed E-state index contributed by atoms with van der Waals surface area (Å²) in [6.07, 6.45) is -0.394. The van der Waals surface area contributed by atoms with Gasteiger partial charge in [-0.25, -0.2) is 36.1 Å². The van der Waals surface area contributed by atoms with Crippen LogP contribution < -0.4 is 24.2 Å². The molecule has 0 saturated carbocycles. The van der Waals surface area contributed by atoms with Gasteiger partial charge < -0.3 is 33.9 Å². The Labute approximate surface area is 433 Å². The number of nitrogens with zero attached hydrogens (tertiary/aromatic N) is 7. The average Bonchev–Trinajstić information content (AvgIpc) is 4.18. The molecule has 1 saturated heterocycles. The summed E-state index contributed by atoms with van der Waals surface area (Å²) >= 11 is 1.17. The number of likely N-dealkylation sites (tertiary alicyclic amines) is 1. The van der Waals surface area contributed by atoms with E-state index in [1.54, 1.807) is 118 Å². The van der Waals surface area contributed by atoms with E-state index in [4.69, 9.17) is 28.8 Å². The molecular weight excluding hydrogens is 1010 g/mol. The molecule has 3 heterocycles. The molecule has 0 bridgehead atoms. The first-order chi connectivity index (χ1) is 35.4. The lowest BCUT2D eigenvalue weighted by molar-refractivity contribution is 0.0291. The number of carbonyl (C=O) groups excluding carboxylic acids is 2. The van der Waals surface area contributed by atoms with E-state index in [1.165, 1.54) is 58.8 Å². The van der Waals surface area contributed by atoms with Crippen LogP contribution in [0.5, 0.6) is 17.2 Å². The molecule has 20 nitrogen and oxygen atoms in total. The number of carbonyl (C=O) groups is 2. The molecule has 2 aromatic heterocycles. The van der Waals surface area contributed by atoms with Gasteiger partial charge in [0.05, 0.1) is 40.5 Å². The van der Waals surface area contributed by atoms with Crippen LogP contribution in [0, 0.1) is 0 Å². The lowest BCUT2D eigenvalue weighted by atomic mass is 9.98. The van der Waals surface area contributed by atoms with Gasteiger partial charge in [0, 0.05) is 43.3 Å². The fourth-order valence-corrected chi connectivity index (χ4v) is 12.4. The normalized spacial score (nSPS) is 13.9. The van der Waals surface area contributed by atoms with Crippen molar-refractivity contribution in [2.75, 3.05) is 46.8 Å². The molecule has 5 aromatic carbocycles. The highest BCUT2D eigenvalue weighted by Crippen LogP contribution is 2.42. The summed E-state index contributed by atoms with van der Waals surface area (Å²) in [5.41, 5.74) is 2.19. The second kappa shape index (κ2) is 22.4. The molecule has 1 fully saturated rings. The summed E-state index contributed by atoms with van der Waals surface area (Å²) < 4.78 is 93.4. The molecule has 0 radical (unpaired) electrons. The molecule has 2 N–H and O–H groups in total. The van der Waals surface area contributed by atoms with Crippen molar-refractivity contribution in [1.29, 1.82) is 0 Å². The van der Waals surface area contributed by atoms with E-state index in [1.807, 2.05) is 12.1 Å². The van der Waals surface area contributed by atoms with Crippen LogP contribution in [-0.4, -0.2) is 116 Å². The Kier molecular flexibility index (Phi) is 16.0. The Morgan fingerprint density at radius 1 is 0.797 bits per heavy atom. The highest BCUT2D eigenvalue weighted by Gasteiger charge is 2.40. The fourth-order valence-electron chi connectivity index (χ4n) is 8.07. The number of hydrogen-bond acceptors (Lipinski definition) is 17. The van der Waals surface area contributed by atoms with Crippen molar-refractivity contribution in [3.05, 3.63) is 137 Å². The third-order valence-electron chi connectivity index (χ3n) is 11.7. The molecule has 388 valence electrons. The number of anilines is 2. The van der Waals surface area contributed by atoms with Gasteiger partial charge in [0.1, 0.15) is 32.6 Å². The smallest absolute Gasteiger partial charge is 0.410 e. The molecule has 0 aliphatic carbocycles. The number of sulfonamides is 2. The summed E-state index contributed by atoms with van der Waals surface area (Å²) in [4.78, 5) is 31.2. The van der Waals surface area contributed by atoms with Gasteiger partial charge in [-0.3, -0.25) is 0 Å². The monoisotopic (exact) mass is 1070 g/mol. The summed E-state index contributed by atoms with van der Waals surface area (Å²) in [5.74, 6) is 0.913. The lowest BCUT2D eigenvalue weighted by Gasteiger charge is -2.27. The molecule has 0 spiro atoms. The predicted molar refractivity (Wildman–Crippen MR) is 276 cm³/mol. The summed E-state index contributed by atoms with van der Waals surface area (Å²) in [6, 6.07) is 29.8. The van der Waals surface area contributed by atoms with Crippen LogP contribution in [0.25, 0.3) is 22.5 Å². The maximum Gasteiger partial charge on any atom is 0.410 e. The Balaban J connectivity index is 1.33. The van der Waals surface area contributed by atoms with Gasteiger partial charge >= 0.3 is 12.1 Å². The van der Waals surface area contributed by atoms with Gasteiger partial charge in [0.2, 0.25) is 25.9 Å². The molecule has 1 aliphatic rings. The van der Waals surface area contributed by atoms with Crippen molar-refractivity contribution in [3.8, 4) is 39.8 Å². The first-order valence-electron chi connectivity index (χ1n) is 23.1. The van der Waals surface area contributed by atoms with Gasteiger partial charge in [-0.2, -0.15) is 9.10 Å². The first kappa shape index (κ1) is 52.9. The zero-order chi connectivity index (χ0) is 52.8. The predicted octanol–water partition coefficient (Wildman–Crippen LogP) is 7.75. The van der Waals surface area contributed by atoms with Crippen LogP contribution in [0.3, 0.4) is 0 Å². The number of methoxy groups -OCH3 is 4. The summed E-state index contributed by atoms with van der Waals surface area (Å²) in [7, 11) is -3.92. The van der Waals surface area contributed by atoms with Crippen LogP contribution in [0.2, 0.25) is 0 Å². The van der Waals surface area contributed by atoms with E-state index in [2.05, 4.69) is 25.3 Å². The second-order valence-corrected chi connectivity index (χ2v) is 22.5. The summed E-state index contributed by atoms with van der Waals surface area (Å²) in [6.45, 7) is 5.01. The minimum absolute atomic E-state index is 0.0382. The zero-order valence-corrected chi connectivity index (χ0v) is 44.1. The van der Waals surface area contributed by atoms with Crippen LogP contribution in [0.4, 0.5) is 15.6 Å². The van der Waals surface area contributed by atoms with E-state index in [-0.39, 0.29) is 61.8 Å². The number of nitrogens with one attached hydrogen (secondary N) is 2. The maximum absolute atomic E-state index is 16.3. The molecular formula is C51H55N9O11S3. The quantitative estimate of drug-likeness (QED) is 0.0737. The third kappa shape index (κ3) is 12.5. The SMILES string of the molecule is COC(=O)c1csc(Nc2cccc(-c3ccc(S(=O)(=O)NC4CCN(C(=O)OC(C)(C)C)C4)c(S(=O)(=O)N(Cc4ccc(OC)cc4)Cc4ccc(OC)cc4)c3-c3nnn(Cc4ccc(OC)cc4)n3)c2)n1. The Morgan fingerprint density at radius 3 is 1.99 bits per heavy atom. The van der Waals surface area contributed by atoms with Crippen molar-refractivity contribution in [1.82, 2.24) is 39.1 Å². The number of rotatable bonds is 19. The van der Waals surface area contributed by atoms with E-state index < -0.39 is 53.5 Å². The molecule has 1 atom stereocenters. The number of esters is 1. The number of hydrogen-bond donors (Lipinski definition) is 2. The summed E-state index contributed by atoms with van der Waals surface area (Å²) in [5, 5.41) is 18.7. The molecule has 1 unspecified atom stereocenters. The average molecular weight is 1070 g/mol. The van der Waals surface area contributed by atoms with E-state index >= 15 is 16.8 Å². The van der Waals surface area contributed by atoms with Gasteiger partial charge in [0.25, 0.3) is 0 Å². The molecule has 1 amide bonds. The lowest BCUT2D eigenvalue weighted by Crippen LogP contribution is -2.41. The van der Waals surface area contributed by atoms with Crippen molar-refractivity contribution in [2.45, 2.75) is 68.3 Å². The number of thiazole rings is 1. The fraction of sp³-hybridized carbons (Fsp3) is 0.294. The molecule has 8 rings (SSSR count). The van der Waals surface area contributed by atoms with Gasteiger partial charge in [0.15, 0.2) is 10.8 Å². The van der Waals surface area contributed by atoms with Crippen LogP contribution >= 0.6 is 11.3 Å². The Morgan fingerprint density at radius 2 is 1.41 bits per heavy atom. The second-order valence-electron chi connectivity index (χ2n) is 18.0. The topological polar surface area (TPSA) is 236 Å². The first-order valence-corrected chi connectivity index (χ1v) is 26.9. The number of aromatic nitrogens is 5. The molecule has 7 aromatic rings. The van der Waals surface area contributed by atoms with Crippen molar-refractivity contribution in [3.63, 3.8) is 0 Å². The minimum Gasteiger partial charge on any atom is -0.497 e. The van der Waals surface area contributed by atoms with E-state index in [9.17, 15) is 9.59 Å². The zero-order valence-electron chi connectivity index (χ0n) is 41.6. The molecule has 74 heavy (non-hydrogen) atoms. The van der Waals surface area contributed by atoms with Crippen molar-refractivity contribution < 1.29 is 50.1 Å². The Hall–Kier alpha value is -7.44. The van der Waals surface area contributed by atoms with Crippen LogP contribution in [0.1, 0.15) is 54.4 Å². The molecule has 1 aliphatic heterocycles. The van der Waals surface area contributed by atoms with Crippen molar-refractivity contribution >= 4 is 54.3 Å². The van der Waals surface area contributed by atoms with Gasteiger partial charge in [-0.15, -0.1) is 21.5 Å².